The molecule has 0 radical (unpaired) electrons. The molecule has 0 aromatic rings. The van der Waals surface area contributed by atoms with Crippen molar-refractivity contribution in [3.05, 3.63) is 12.2 Å². The smallest absolute Gasteiger partial charge is 0.207 e. The van der Waals surface area contributed by atoms with Gasteiger partial charge in [0.2, 0.25) is 5.79 Å². The molecule has 0 amide bonds. The van der Waals surface area contributed by atoms with Crippen molar-refractivity contribution >= 4 is 0 Å². The molecule has 2 nitrogen and oxygen atoms in total. The van der Waals surface area contributed by atoms with Gasteiger partial charge in [-0.2, -0.15) is 0 Å². The lowest BCUT2D eigenvalue weighted by atomic mass is 10.6. The SMILES string of the molecule is COC1(OC)C=C1. The second-order valence-corrected chi connectivity index (χ2v) is 1.46. The molecule has 0 bridgehead atoms. The van der Waals surface area contributed by atoms with Crippen molar-refractivity contribution in [2.45, 2.75) is 5.79 Å². The summed E-state index contributed by atoms with van der Waals surface area (Å²) in [5, 5.41) is 0. The Kier molecular flexibility index (Phi) is 0.905. The Balaban J connectivity index is 2.31. The van der Waals surface area contributed by atoms with Crippen molar-refractivity contribution in [2.24, 2.45) is 0 Å². The van der Waals surface area contributed by atoms with Crippen molar-refractivity contribution in [2.75, 3.05) is 14.2 Å². The number of methoxy groups -OCH3 is 2. The monoisotopic (exact) mass is 100 g/mol. The first-order valence-electron chi connectivity index (χ1n) is 2.14. The molecule has 0 saturated heterocycles. The molecule has 0 spiro atoms. The van der Waals surface area contributed by atoms with Crippen LogP contribution in [0.15, 0.2) is 12.2 Å². The summed E-state index contributed by atoms with van der Waals surface area (Å²) in [4.78, 5) is 0. The molecule has 7 heavy (non-hydrogen) atoms. The van der Waals surface area contributed by atoms with E-state index in [2.05, 4.69) is 0 Å². The van der Waals surface area contributed by atoms with Gasteiger partial charge in [-0.05, 0) is 12.2 Å². The van der Waals surface area contributed by atoms with E-state index in [-0.39, 0.29) is 0 Å². The van der Waals surface area contributed by atoms with E-state index in [4.69, 9.17) is 9.47 Å². The number of ether oxygens (including phenoxy) is 2. The summed E-state index contributed by atoms with van der Waals surface area (Å²) in [6, 6.07) is 0. The third-order valence-electron chi connectivity index (χ3n) is 1.08. The van der Waals surface area contributed by atoms with Crippen LogP contribution in [0.3, 0.4) is 0 Å². The summed E-state index contributed by atoms with van der Waals surface area (Å²) < 4.78 is 9.73. The fourth-order valence-electron chi connectivity index (χ4n) is 0.424. The number of rotatable bonds is 2. The highest BCUT2D eigenvalue weighted by molar-refractivity contribution is 5.24. The topological polar surface area (TPSA) is 18.5 Å². The van der Waals surface area contributed by atoms with Crippen LogP contribution >= 0.6 is 0 Å². The summed E-state index contributed by atoms with van der Waals surface area (Å²) in [7, 11) is 3.23. The number of hydrogen-bond donors (Lipinski definition) is 0. The van der Waals surface area contributed by atoms with Crippen LogP contribution in [0.4, 0.5) is 0 Å². The molecule has 0 aliphatic heterocycles. The molecule has 1 aliphatic rings. The highest BCUT2D eigenvalue weighted by Gasteiger charge is 2.33. The quantitative estimate of drug-likeness (QED) is 0.372. The summed E-state index contributed by atoms with van der Waals surface area (Å²) in [6.45, 7) is 0. The predicted octanol–water partition coefficient (Wildman–Crippen LogP) is 0.545. The molecule has 0 aromatic heterocycles. The van der Waals surface area contributed by atoms with E-state index in [9.17, 15) is 0 Å². The van der Waals surface area contributed by atoms with Crippen molar-refractivity contribution < 1.29 is 9.47 Å². The standard InChI is InChI=1S/C5H8O2/c1-6-5(7-2)3-4-5/h3-4H,1-2H3. The molecular formula is C5H8O2. The van der Waals surface area contributed by atoms with Gasteiger partial charge in [0.25, 0.3) is 0 Å². The fourth-order valence-corrected chi connectivity index (χ4v) is 0.424. The first-order valence-corrected chi connectivity index (χ1v) is 2.14. The molecule has 1 aliphatic carbocycles. The second kappa shape index (κ2) is 1.32. The molecular weight excluding hydrogens is 92.1 g/mol. The molecule has 0 aromatic carbocycles. The van der Waals surface area contributed by atoms with E-state index in [1.54, 1.807) is 14.2 Å². The van der Waals surface area contributed by atoms with Crippen LogP contribution in [-0.2, 0) is 9.47 Å². The Hall–Kier alpha value is -0.340. The summed E-state index contributed by atoms with van der Waals surface area (Å²) >= 11 is 0. The van der Waals surface area contributed by atoms with E-state index in [0.717, 1.165) is 0 Å². The predicted molar refractivity (Wildman–Crippen MR) is 25.9 cm³/mol. The molecule has 0 heterocycles. The van der Waals surface area contributed by atoms with Crippen molar-refractivity contribution in [1.29, 1.82) is 0 Å². The molecule has 0 atom stereocenters. The van der Waals surface area contributed by atoms with Gasteiger partial charge in [-0.1, -0.05) is 0 Å². The maximum absolute atomic E-state index is 4.86. The van der Waals surface area contributed by atoms with Crippen LogP contribution < -0.4 is 0 Å². The van der Waals surface area contributed by atoms with Gasteiger partial charge in [-0.3, -0.25) is 0 Å². The van der Waals surface area contributed by atoms with Crippen LogP contribution in [-0.4, -0.2) is 20.0 Å². The molecule has 0 unspecified atom stereocenters. The Morgan fingerprint density at radius 3 is 1.57 bits per heavy atom. The zero-order valence-corrected chi connectivity index (χ0v) is 4.47. The van der Waals surface area contributed by atoms with E-state index < -0.39 is 5.79 Å². The van der Waals surface area contributed by atoms with Gasteiger partial charge < -0.3 is 9.47 Å². The van der Waals surface area contributed by atoms with Crippen LogP contribution in [0.5, 0.6) is 0 Å². The lowest BCUT2D eigenvalue weighted by molar-refractivity contribution is -0.106. The van der Waals surface area contributed by atoms with Gasteiger partial charge in [-0.25, -0.2) is 0 Å². The highest BCUT2D eigenvalue weighted by Crippen LogP contribution is 2.26. The molecule has 1 rings (SSSR count). The molecule has 0 saturated carbocycles. The normalized spacial score (nSPS) is 22.6. The zero-order valence-electron chi connectivity index (χ0n) is 4.47. The van der Waals surface area contributed by atoms with Gasteiger partial charge in [0.1, 0.15) is 0 Å². The fraction of sp³-hybridized carbons (Fsp3) is 0.600. The van der Waals surface area contributed by atoms with Crippen molar-refractivity contribution in [3.63, 3.8) is 0 Å². The lowest BCUT2D eigenvalue weighted by Gasteiger charge is -2.09. The second-order valence-electron chi connectivity index (χ2n) is 1.46. The number of hydrogen-bond acceptors (Lipinski definition) is 2. The average molecular weight is 100 g/mol. The van der Waals surface area contributed by atoms with Crippen molar-refractivity contribution in [1.82, 2.24) is 0 Å². The van der Waals surface area contributed by atoms with Gasteiger partial charge in [0.15, 0.2) is 0 Å². The van der Waals surface area contributed by atoms with Crippen LogP contribution in [0.25, 0.3) is 0 Å². The first-order chi connectivity index (χ1) is 3.33. The van der Waals surface area contributed by atoms with E-state index in [1.165, 1.54) is 0 Å². The van der Waals surface area contributed by atoms with Gasteiger partial charge in [0.05, 0.1) is 0 Å². The van der Waals surface area contributed by atoms with Gasteiger partial charge in [-0.15, -0.1) is 0 Å². The van der Waals surface area contributed by atoms with Gasteiger partial charge >= 0.3 is 0 Å². The Morgan fingerprint density at radius 2 is 1.57 bits per heavy atom. The summed E-state index contributed by atoms with van der Waals surface area (Å²) in [5.74, 6) is -0.417. The largest absolute Gasteiger partial charge is 0.346 e. The first kappa shape index (κ1) is 4.81. The maximum atomic E-state index is 4.86. The van der Waals surface area contributed by atoms with Crippen LogP contribution in [0.2, 0.25) is 0 Å². The van der Waals surface area contributed by atoms with Crippen LogP contribution in [0, 0.1) is 0 Å². The van der Waals surface area contributed by atoms with Crippen molar-refractivity contribution in [3.8, 4) is 0 Å². The average Bonchev–Trinajstić information content (AvgIpc) is 2.46. The maximum Gasteiger partial charge on any atom is 0.207 e. The zero-order chi connectivity index (χ0) is 5.33. The third-order valence-corrected chi connectivity index (χ3v) is 1.08. The summed E-state index contributed by atoms with van der Waals surface area (Å²) in [5.41, 5.74) is 0. The van der Waals surface area contributed by atoms with Gasteiger partial charge in [0, 0.05) is 14.2 Å². The molecule has 0 fully saturated rings. The summed E-state index contributed by atoms with van der Waals surface area (Å²) in [6.07, 6.45) is 3.71. The lowest BCUT2D eigenvalue weighted by Crippen LogP contribution is -2.15. The highest BCUT2D eigenvalue weighted by atomic mass is 16.7. The van der Waals surface area contributed by atoms with Crippen LogP contribution in [0.1, 0.15) is 0 Å². The Bertz CT molecular complexity index is 84.3. The van der Waals surface area contributed by atoms with E-state index >= 15 is 0 Å². The molecule has 2 heteroatoms. The Morgan fingerprint density at radius 1 is 1.14 bits per heavy atom. The third kappa shape index (κ3) is 0.667. The molecule has 40 valence electrons. The minimum Gasteiger partial charge on any atom is -0.346 e. The van der Waals surface area contributed by atoms with E-state index in [0.29, 0.717) is 0 Å². The minimum absolute atomic E-state index is 0.417. The molecule has 0 N–H and O–H groups in total. The van der Waals surface area contributed by atoms with E-state index in [1.807, 2.05) is 12.2 Å². The minimum atomic E-state index is -0.417. The Labute approximate surface area is 42.7 Å².